The Hall–Kier alpha value is -1.41. The summed E-state index contributed by atoms with van der Waals surface area (Å²) >= 11 is 1.59. The normalized spacial score (nSPS) is 19.9. The Morgan fingerprint density at radius 2 is 2.20 bits per heavy atom. The van der Waals surface area contributed by atoms with Crippen molar-refractivity contribution in [3.8, 4) is 0 Å². The molecular weight excluding hydrogens is 300 g/mol. The van der Waals surface area contributed by atoms with Gasteiger partial charge in [0.2, 0.25) is 0 Å². The van der Waals surface area contributed by atoms with Gasteiger partial charge in [-0.15, -0.1) is 0 Å². The van der Waals surface area contributed by atoms with Crippen LogP contribution in [0.2, 0.25) is 0 Å². The summed E-state index contributed by atoms with van der Waals surface area (Å²) in [6, 6.07) is 4.54. The van der Waals surface area contributed by atoms with Gasteiger partial charge in [0.15, 0.2) is 9.84 Å². The second-order valence-corrected chi connectivity index (χ2v) is 7.98. The fraction of sp³-hybridized carbons (Fsp3) is 0.417. The quantitative estimate of drug-likeness (QED) is 0.799. The van der Waals surface area contributed by atoms with Crippen LogP contribution in [0.1, 0.15) is 10.4 Å². The number of nitrogens with two attached hydrogens (primary N) is 1. The van der Waals surface area contributed by atoms with Crippen LogP contribution < -0.4 is 10.6 Å². The highest BCUT2D eigenvalue weighted by atomic mass is 32.2. The number of aromatic carboxylic acids is 1. The molecule has 6 nitrogen and oxygen atoms in total. The second-order valence-electron chi connectivity index (χ2n) is 4.63. The van der Waals surface area contributed by atoms with Crippen molar-refractivity contribution in [2.75, 3.05) is 34.9 Å². The lowest BCUT2D eigenvalue weighted by molar-refractivity contribution is 0.0698. The van der Waals surface area contributed by atoms with Crippen LogP contribution >= 0.6 is 11.8 Å². The Morgan fingerprint density at radius 1 is 1.50 bits per heavy atom. The molecule has 1 saturated heterocycles. The van der Waals surface area contributed by atoms with E-state index in [0.29, 0.717) is 18.0 Å². The lowest BCUT2D eigenvalue weighted by Gasteiger charge is -2.36. The lowest BCUT2D eigenvalue weighted by atomic mass is 10.1. The van der Waals surface area contributed by atoms with Crippen molar-refractivity contribution in [3.63, 3.8) is 0 Å². The molecule has 1 heterocycles. The number of anilines is 2. The molecular formula is C12H16N2O4S2. The van der Waals surface area contributed by atoms with Crippen LogP contribution in [0.4, 0.5) is 11.4 Å². The number of hydrogen-bond donors (Lipinski definition) is 2. The molecule has 0 saturated carbocycles. The van der Waals surface area contributed by atoms with E-state index in [2.05, 4.69) is 0 Å². The molecule has 0 radical (unpaired) electrons. The Kier molecular flexibility index (Phi) is 4.14. The van der Waals surface area contributed by atoms with Crippen molar-refractivity contribution in [1.82, 2.24) is 0 Å². The minimum atomic E-state index is -3.21. The number of thioether (sulfide) groups is 1. The smallest absolute Gasteiger partial charge is 0.337 e. The van der Waals surface area contributed by atoms with E-state index in [1.165, 1.54) is 18.4 Å². The molecule has 1 aliphatic rings. The molecule has 1 aliphatic heterocycles. The van der Waals surface area contributed by atoms with Crippen LogP contribution in [-0.4, -0.2) is 49.2 Å². The van der Waals surface area contributed by atoms with Crippen molar-refractivity contribution in [3.05, 3.63) is 23.8 Å². The number of sulfone groups is 1. The summed E-state index contributed by atoms with van der Waals surface area (Å²) in [4.78, 5) is 12.7. The summed E-state index contributed by atoms with van der Waals surface area (Å²) in [5.41, 5.74) is 6.53. The number of carbonyl (C=O) groups is 1. The standard InChI is InChI=1S/C12H16N2O4S2/c1-20(17,18)11-7-19-5-4-14(11)8-2-3-9(12(15)16)10(13)6-8/h2-3,6,11H,4-5,7,13H2,1H3,(H,15,16). The number of nitrogen functional groups attached to an aromatic ring is 1. The third-order valence-electron chi connectivity index (χ3n) is 3.18. The summed E-state index contributed by atoms with van der Waals surface area (Å²) in [6.07, 6.45) is 1.21. The molecule has 0 bridgehead atoms. The van der Waals surface area contributed by atoms with E-state index < -0.39 is 21.2 Å². The average Bonchev–Trinajstić information content (AvgIpc) is 2.37. The lowest BCUT2D eigenvalue weighted by Crippen LogP contribution is -2.47. The SMILES string of the molecule is CS(=O)(=O)C1CSCCN1c1ccc(C(=O)O)c(N)c1. The van der Waals surface area contributed by atoms with Gasteiger partial charge >= 0.3 is 5.97 Å². The molecule has 1 aromatic carbocycles. The molecule has 1 fully saturated rings. The van der Waals surface area contributed by atoms with Gasteiger partial charge in [-0.2, -0.15) is 11.8 Å². The van der Waals surface area contributed by atoms with Gasteiger partial charge in [-0.05, 0) is 18.2 Å². The van der Waals surface area contributed by atoms with Crippen LogP contribution in [0.3, 0.4) is 0 Å². The molecule has 20 heavy (non-hydrogen) atoms. The molecule has 0 spiro atoms. The minimum Gasteiger partial charge on any atom is -0.478 e. The molecule has 8 heteroatoms. The highest BCUT2D eigenvalue weighted by Crippen LogP contribution is 2.29. The summed E-state index contributed by atoms with van der Waals surface area (Å²) in [5, 5.41) is 8.35. The summed E-state index contributed by atoms with van der Waals surface area (Å²) < 4.78 is 23.7. The third kappa shape index (κ3) is 3.01. The average molecular weight is 316 g/mol. The number of carboxylic acid groups (broad SMARTS) is 1. The van der Waals surface area contributed by atoms with E-state index in [1.54, 1.807) is 22.7 Å². The Bertz CT molecular complexity index is 630. The molecule has 110 valence electrons. The number of nitrogens with zero attached hydrogens (tertiary/aromatic N) is 1. The first kappa shape index (κ1) is 15.0. The largest absolute Gasteiger partial charge is 0.478 e. The molecule has 0 amide bonds. The molecule has 0 aromatic heterocycles. The van der Waals surface area contributed by atoms with Crippen molar-refractivity contribution < 1.29 is 18.3 Å². The van der Waals surface area contributed by atoms with Gasteiger partial charge in [-0.25, -0.2) is 13.2 Å². The van der Waals surface area contributed by atoms with Gasteiger partial charge in [-0.3, -0.25) is 0 Å². The first-order valence-corrected chi connectivity index (χ1v) is 9.07. The molecule has 1 aromatic rings. The van der Waals surface area contributed by atoms with E-state index >= 15 is 0 Å². The van der Waals surface area contributed by atoms with Gasteiger partial charge in [0.25, 0.3) is 0 Å². The first-order valence-electron chi connectivity index (χ1n) is 5.97. The minimum absolute atomic E-state index is 0.0241. The maximum absolute atomic E-state index is 11.8. The summed E-state index contributed by atoms with van der Waals surface area (Å²) in [6.45, 7) is 0.592. The molecule has 2 rings (SSSR count). The number of carboxylic acids is 1. The highest BCUT2D eigenvalue weighted by molar-refractivity contribution is 8.01. The van der Waals surface area contributed by atoms with Gasteiger partial charge in [0, 0.05) is 35.7 Å². The van der Waals surface area contributed by atoms with Crippen LogP contribution in [0, 0.1) is 0 Å². The molecule has 1 unspecified atom stereocenters. The van der Waals surface area contributed by atoms with E-state index in [9.17, 15) is 13.2 Å². The fourth-order valence-electron chi connectivity index (χ4n) is 2.15. The Labute approximate surface area is 121 Å². The van der Waals surface area contributed by atoms with Crippen molar-refractivity contribution in [2.24, 2.45) is 0 Å². The predicted octanol–water partition coefficient (Wildman–Crippen LogP) is 0.891. The van der Waals surface area contributed by atoms with Gasteiger partial charge in [0.1, 0.15) is 5.37 Å². The summed E-state index contributed by atoms with van der Waals surface area (Å²) in [5.74, 6) is 0.231. The van der Waals surface area contributed by atoms with Gasteiger partial charge in [0.05, 0.1) is 5.56 Å². The first-order chi connectivity index (χ1) is 9.30. The fourth-order valence-corrected chi connectivity index (χ4v) is 5.00. The molecule has 0 aliphatic carbocycles. The van der Waals surface area contributed by atoms with Crippen molar-refractivity contribution in [2.45, 2.75) is 5.37 Å². The Morgan fingerprint density at radius 3 is 2.75 bits per heavy atom. The van der Waals surface area contributed by atoms with E-state index in [-0.39, 0.29) is 11.3 Å². The summed E-state index contributed by atoms with van der Waals surface area (Å²) in [7, 11) is -3.21. The zero-order valence-electron chi connectivity index (χ0n) is 10.9. The van der Waals surface area contributed by atoms with Crippen molar-refractivity contribution >= 4 is 38.9 Å². The zero-order valence-corrected chi connectivity index (χ0v) is 12.6. The van der Waals surface area contributed by atoms with E-state index in [4.69, 9.17) is 10.8 Å². The van der Waals surface area contributed by atoms with Crippen LogP contribution in [0.5, 0.6) is 0 Å². The second kappa shape index (κ2) is 5.53. The molecule has 3 N–H and O–H groups in total. The predicted molar refractivity (Wildman–Crippen MR) is 81.1 cm³/mol. The maximum Gasteiger partial charge on any atom is 0.337 e. The number of rotatable bonds is 3. The monoisotopic (exact) mass is 316 g/mol. The van der Waals surface area contributed by atoms with Crippen LogP contribution in [0.15, 0.2) is 18.2 Å². The van der Waals surface area contributed by atoms with Crippen LogP contribution in [0.25, 0.3) is 0 Å². The Balaban J connectivity index is 2.38. The number of benzene rings is 1. The van der Waals surface area contributed by atoms with Crippen molar-refractivity contribution in [1.29, 1.82) is 0 Å². The van der Waals surface area contributed by atoms with Crippen LogP contribution in [-0.2, 0) is 9.84 Å². The van der Waals surface area contributed by atoms with Gasteiger partial charge in [-0.1, -0.05) is 0 Å². The third-order valence-corrected chi connectivity index (χ3v) is 5.82. The van der Waals surface area contributed by atoms with Gasteiger partial charge < -0.3 is 15.7 Å². The van der Waals surface area contributed by atoms with E-state index in [1.807, 2.05) is 0 Å². The highest BCUT2D eigenvalue weighted by Gasteiger charge is 2.31. The maximum atomic E-state index is 11.8. The topological polar surface area (TPSA) is 101 Å². The number of hydrogen-bond acceptors (Lipinski definition) is 6. The van der Waals surface area contributed by atoms with E-state index in [0.717, 1.165) is 5.75 Å². The zero-order chi connectivity index (χ0) is 14.9. The molecule has 1 atom stereocenters.